The fourth-order valence-corrected chi connectivity index (χ4v) is 0.733. The molecule has 0 fully saturated rings. The van der Waals surface area contributed by atoms with E-state index in [0.717, 1.165) is 18.4 Å². The minimum atomic E-state index is 0.158. The molecule has 9 heavy (non-hydrogen) atoms. The van der Waals surface area contributed by atoms with E-state index < -0.39 is 0 Å². The van der Waals surface area contributed by atoms with Gasteiger partial charge in [0.25, 0.3) is 0 Å². The third-order valence-electron chi connectivity index (χ3n) is 1.18. The van der Waals surface area contributed by atoms with Crippen LogP contribution in [0.2, 0.25) is 0 Å². The fraction of sp³-hybridized carbons (Fsp3) is 0.714. The van der Waals surface area contributed by atoms with Crippen LogP contribution in [0.5, 0.6) is 0 Å². The second-order valence-corrected chi connectivity index (χ2v) is 2.01. The van der Waals surface area contributed by atoms with E-state index in [1.54, 1.807) is 0 Å². The highest BCUT2D eigenvalue weighted by atomic mass is 16.3. The predicted molar refractivity (Wildman–Crippen MR) is 39.1 cm³/mol. The highest BCUT2D eigenvalue weighted by molar-refractivity contribution is 5.02. The Morgan fingerprint density at radius 2 is 2.33 bits per heavy atom. The van der Waals surface area contributed by atoms with Gasteiger partial charge < -0.3 is 10.8 Å². The lowest BCUT2D eigenvalue weighted by Gasteiger charge is -1.98. The van der Waals surface area contributed by atoms with E-state index in [2.05, 4.69) is 6.92 Å². The zero-order valence-corrected chi connectivity index (χ0v) is 5.93. The molecule has 2 nitrogen and oxygen atoms in total. The molecule has 0 atom stereocenters. The van der Waals surface area contributed by atoms with Crippen LogP contribution in [-0.4, -0.2) is 18.3 Å². The molecule has 54 valence electrons. The van der Waals surface area contributed by atoms with Crippen molar-refractivity contribution in [3.8, 4) is 0 Å². The zero-order valence-electron chi connectivity index (χ0n) is 5.93. The van der Waals surface area contributed by atoms with E-state index in [9.17, 15) is 0 Å². The molecule has 0 heterocycles. The van der Waals surface area contributed by atoms with Crippen LogP contribution in [0.1, 0.15) is 19.8 Å². The quantitative estimate of drug-likeness (QED) is 0.548. The van der Waals surface area contributed by atoms with Crippen LogP contribution in [-0.2, 0) is 0 Å². The van der Waals surface area contributed by atoms with Gasteiger partial charge in [0.2, 0.25) is 0 Å². The van der Waals surface area contributed by atoms with E-state index in [0.29, 0.717) is 6.54 Å². The molecule has 0 aliphatic rings. The average Bonchev–Trinajstić information content (AvgIpc) is 1.88. The number of nitrogens with two attached hydrogens (primary N) is 1. The molecular weight excluding hydrogens is 114 g/mol. The third-order valence-corrected chi connectivity index (χ3v) is 1.18. The van der Waals surface area contributed by atoms with Crippen molar-refractivity contribution in [2.45, 2.75) is 19.8 Å². The van der Waals surface area contributed by atoms with Crippen LogP contribution in [0, 0.1) is 0 Å². The molecule has 2 heteroatoms. The van der Waals surface area contributed by atoms with Crippen LogP contribution in [0.4, 0.5) is 0 Å². The SMILES string of the molecule is CCC/C(=C\CN)CO. The van der Waals surface area contributed by atoms with Crippen molar-refractivity contribution >= 4 is 0 Å². The van der Waals surface area contributed by atoms with Gasteiger partial charge in [0.1, 0.15) is 0 Å². The Labute approximate surface area is 56.4 Å². The zero-order chi connectivity index (χ0) is 7.11. The summed E-state index contributed by atoms with van der Waals surface area (Å²) in [5, 5.41) is 8.66. The third kappa shape index (κ3) is 4.18. The van der Waals surface area contributed by atoms with Gasteiger partial charge in [-0.25, -0.2) is 0 Å². The van der Waals surface area contributed by atoms with Crippen LogP contribution < -0.4 is 5.73 Å². The van der Waals surface area contributed by atoms with Crippen LogP contribution >= 0.6 is 0 Å². The van der Waals surface area contributed by atoms with Crippen molar-refractivity contribution < 1.29 is 5.11 Å². The first-order valence-corrected chi connectivity index (χ1v) is 3.34. The van der Waals surface area contributed by atoms with Crippen molar-refractivity contribution in [3.05, 3.63) is 11.6 Å². The first-order chi connectivity index (χ1) is 4.35. The monoisotopic (exact) mass is 129 g/mol. The summed E-state index contributed by atoms with van der Waals surface area (Å²) in [4.78, 5) is 0. The van der Waals surface area contributed by atoms with Crippen LogP contribution in [0.3, 0.4) is 0 Å². The smallest absolute Gasteiger partial charge is 0.0642 e. The van der Waals surface area contributed by atoms with Crippen molar-refractivity contribution in [2.24, 2.45) is 5.73 Å². The number of hydrogen-bond acceptors (Lipinski definition) is 2. The fourth-order valence-electron chi connectivity index (χ4n) is 0.733. The Balaban J connectivity index is 3.53. The lowest BCUT2D eigenvalue weighted by Crippen LogP contribution is -1.98. The van der Waals surface area contributed by atoms with Gasteiger partial charge in [0.05, 0.1) is 6.61 Å². The van der Waals surface area contributed by atoms with Gasteiger partial charge in [-0.3, -0.25) is 0 Å². The second-order valence-electron chi connectivity index (χ2n) is 2.01. The number of aliphatic hydroxyl groups is 1. The van der Waals surface area contributed by atoms with E-state index in [1.807, 2.05) is 6.08 Å². The van der Waals surface area contributed by atoms with E-state index in [-0.39, 0.29) is 6.61 Å². The van der Waals surface area contributed by atoms with Gasteiger partial charge in [0, 0.05) is 6.54 Å². The molecule has 0 aliphatic carbocycles. The molecule has 0 saturated heterocycles. The molecule has 0 rings (SSSR count). The summed E-state index contributed by atoms with van der Waals surface area (Å²) in [6.07, 6.45) is 3.92. The maximum absolute atomic E-state index is 8.66. The molecule has 0 aliphatic heterocycles. The summed E-state index contributed by atoms with van der Waals surface area (Å²) in [6.45, 7) is 2.78. The second kappa shape index (κ2) is 5.79. The summed E-state index contributed by atoms with van der Waals surface area (Å²) in [5.41, 5.74) is 6.30. The van der Waals surface area contributed by atoms with E-state index in [4.69, 9.17) is 10.8 Å². The largest absolute Gasteiger partial charge is 0.392 e. The molecule has 0 spiro atoms. The number of aliphatic hydroxyl groups excluding tert-OH is 1. The summed E-state index contributed by atoms with van der Waals surface area (Å²) < 4.78 is 0. The van der Waals surface area contributed by atoms with Crippen molar-refractivity contribution in [3.63, 3.8) is 0 Å². The Hall–Kier alpha value is -0.340. The minimum Gasteiger partial charge on any atom is -0.392 e. The molecule has 0 bridgehead atoms. The maximum Gasteiger partial charge on any atom is 0.0642 e. The summed E-state index contributed by atoms with van der Waals surface area (Å²) in [7, 11) is 0. The lowest BCUT2D eigenvalue weighted by molar-refractivity contribution is 0.326. The van der Waals surface area contributed by atoms with Gasteiger partial charge in [-0.2, -0.15) is 0 Å². The minimum absolute atomic E-state index is 0.158. The molecule has 0 unspecified atom stereocenters. The van der Waals surface area contributed by atoms with Crippen molar-refractivity contribution in [1.82, 2.24) is 0 Å². The van der Waals surface area contributed by atoms with Gasteiger partial charge in [-0.15, -0.1) is 0 Å². The van der Waals surface area contributed by atoms with Crippen molar-refractivity contribution in [2.75, 3.05) is 13.2 Å². The molecule has 0 amide bonds. The highest BCUT2D eigenvalue weighted by Gasteiger charge is 1.89. The first kappa shape index (κ1) is 8.66. The molecule has 0 radical (unpaired) electrons. The topological polar surface area (TPSA) is 46.2 Å². The number of hydrogen-bond donors (Lipinski definition) is 2. The maximum atomic E-state index is 8.66. The van der Waals surface area contributed by atoms with Gasteiger partial charge in [-0.05, 0) is 12.0 Å². The Morgan fingerprint density at radius 3 is 2.67 bits per heavy atom. The van der Waals surface area contributed by atoms with Crippen LogP contribution in [0.25, 0.3) is 0 Å². The Kier molecular flexibility index (Phi) is 5.57. The summed E-state index contributed by atoms with van der Waals surface area (Å²) >= 11 is 0. The Morgan fingerprint density at radius 1 is 1.67 bits per heavy atom. The first-order valence-electron chi connectivity index (χ1n) is 3.34. The van der Waals surface area contributed by atoms with Gasteiger partial charge in [0.15, 0.2) is 0 Å². The highest BCUT2D eigenvalue weighted by Crippen LogP contribution is 2.01. The van der Waals surface area contributed by atoms with Gasteiger partial charge >= 0.3 is 0 Å². The van der Waals surface area contributed by atoms with E-state index >= 15 is 0 Å². The molecular formula is C7H15NO. The lowest BCUT2D eigenvalue weighted by atomic mass is 10.1. The van der Waals surface area contributed by atoms with Crippen LogP contribution in [0.15, 0.2) is 11.6 Å². The molecule has 0 aromatic heterocycles. The van der Waals surface area contributed by atoms with Gasteiger partial charge in [-0.1, -0.05) is 19.4 Å². The molecule has 0 saturated carbocycles. The molecule has 3 N–H and O–H groups in total. The molecule has 0 aromatic rings. The van der Waals surface area contributed by atoms with Crippen molar-refractivity contribution in [1.29, 1.82) is 0 Å². The van der Waals surface area contributed by atoms with E-state index in [1.165, 1.54) is 0 Å². The number of rotatable bonds is 4. The standard InChI is InChI=1S/C7H15NO/c1-2-3-7(6-9)4-5-8/h4,9H,2-3,5-6,8H2,1H3/b7-4+. The molecule has 0 aromatic carbocycles. The Bertz CT molecular complexity index is 88.9. The predicted octanol–water partition coefficient (Wildman–Crippen LogP) is 0.664. The normalized spacial score (nSPS) is 12.1. The average molecular weight is 129 g/mol. The summed E-state index contributed by atoms with van der Waals surface area (Å²) in [5.74, 6) is 0. The summed E-state index contributed by atoms with van der Waals surface area (Å²) in [6, 6.07) is 0.